The first-order valence-corrected chi connectivity index (χ1v) is 11.0. The third kappa shape index (κ3) is 4.38. The molecule has 4 nitrogen and oxygen atoms in total. The molecule has 0 unspecified atom stereocenters. The molecule has 154 valence electrons. The smallest absolute Gasteiger partial charge is 0.160 e. The van der Waals surface area contributed by atoms with Crippen LogP contribution < -0.4 is 0 Å². The number of para-hydroxylation sites is 1. The Hall–Kier alpha value is -3.96. The van der Waals surface area contributed by atoms with Crippen LogP contribution in [0, 0.1) is 0 Å². The number of phenolic OH excluding ortho intramolecular Hbond substituents is 1. The van der Waals surface area contributed by atoms with E-state index in [2.05, 4.69) is 11.1 Å². The van der Waals surface area contributed by atoms with Gasteiger partial charge in [0.2, 0.25) is 0 Å². The fraction of sp³-hybridized carbons (Fsp3) is 0. The molecule has 2 heterocycles. The van der Waals surface area contributed by atoms with E-state index in [1.54, 1.807) is 30.1 Å². The third-order valence-corrected chi connectivity index (χ3v) is 5.87. The molecule has 0 bridgehead atoms. The van der Waals surface area contributed by atoms with Gasteiger partial charge in [-0.2, -0.15) is 0 Å². The van der Waals surface area contributed by atoms with Crippen molar-refractivity contribution >= 4 is 11.8 Å². The molecule has 0 saturated heterocycles. The average molecular weight is 434 g/mol. The van der Waals surface area contributed by atoms with Crippen molar-refractivity contribution in [1.82, 2.24) is 15.0 Å². The maximum atomic E-state index is 10.4. The number of pyridine rings is 1. The molecule has 0 atom stereocenters. The van der Waals surface area contributed by atoms with Crippen LogP contribution in [0.3, 0.4) is 0 Å². The molecule has 0 fully saturated rings. The molecular formula is C27H19N3OS. The zero-order valence-electron chi connectivity index (χ0n) is 17.1. The van der Waals surface area contributed by atoms with E-state index in [-0.39, 0.29) is 5.75 Å². The van der Waals surface area contributed by atoms with E-state index in [0.29, 0.717) is 17.1 Å². The number of rotatable bonds is 5. The Kier molecular flexibility index (Phi) is 5.64. The molecule has 5 heteroatoms. The van der Waals surface area contributed by atoms with E-state index in [9.17, 15) is 5.11 Å². The quantitative estimate of drug-likeness (QED) is 0.333. The number of benzene rings is 3. The predicted octanol–water partition coefficient (Wildman–Crippen LogP) is 6.73. The zero-order valence-corrected chi connectivity index (χ0v) is 17.9. The van der Waals surface area contributed by atoms with Gasteiger partial charge in [-0.1, -0.05) is 72.4 Å². The van der Waals surface area contributed by atoms with Gasteiger partial charge < -0.3 is 5.11 Å². The second kappa shape index (κ2) is 9.04. The average Bonchev–Trinajstić information content (AvgIpc) is 2.85. The molecule has 5 rings (SSSR count). The molecule has 0 spiro atoms. The molecule has 5 aromatic rings. The Morgan fingerprint density at radius 3 is 2.19 bits per heavy atom. The van der Waals surface area contributed by atoms with Crippen LogP contribution in [-0.2, 0) is 0 Å². The summed E-state index contributed by atoms with van der Waals surface area (Å²) in [6.07, 6.45) is 1.79. The Morgan fingerprint density at radius 2 is 1.38 bits per heavy atom. The lowest BCUT2D eigenvalue weighted by Gasteiger charge is -2.11. The van der Waals surface area contributed by atoms with Crippen LogP contribution in [0.25, 0.3) is 33.9 Å². The van der Waals surface area contributed by atoms with Crippen LogP contribution in [0.4, 0.5) is 0 Å². The molecule has 2 aromatic heterocycles. The number of hydrogen-bond acceptors (Lipinski definition) is 5. The minimum absolute atomic E-state index is 0.190. The monoisotopic (exact) mass is 433 g/mol. The number of aromatic nitrogens is 3. The fourth-order valence-corrected chi connectivity index (χ4v) is 4.22. The summed E-state index contributed by atoms with van der Waals surface area (Å²) in [4.78, 5) is 15.1. The normalized spacial score (nSPS) is 10.8. The van der Waals surface area contributed by atoms with Crippen molar-refractivity contribution in [3.8, 4) is 39.7 Å². The van der Waals surface area contributed by atoms with Crippen LogP contribution in [-0.4, -0.2) is 20.1 Å². The van der Waals surface area contributed by atoms with Gasteiger partial charge >= 0.3 is 0 Å². The SMILES string of the molecule is Oc1ccccc1-c1cc(-c2ccccc2)nc(-c2cccc(Sc3ccccn3)c2)n1. The van der Waals surface area contributed by atoms with Gasteiger partial charge in [0, 0.05) is 27.8 Å². The van der Waals surface area contributed by atoms with Crippen molar-refractivity contribution in [1.29, 1.82) is 0 Å². The van der Waals surface area contributed by atoms with E-state index >= 15 is 0 Å². The Bertz CT molecular complexity index is 1360. The molecule has 0 amide bonds. The topological polar surface area (TPSA) is 58.9 Å². The number of hydrogen-bond donors (Lipinski definition) is 1. The molecule has 0 saturated carbocycles. The standard InChI is InChI=1S/C27H19N3OS/c31-25-14-5-4-13-22(25)24-18-23(19-9-2-1-3-10-19)29-27(30-24)20-11-8-12-21(17-20)32-26-15-6-7-16-28-26/h1-18,31H. The van der Waals surface area contributed by atoms with Crippen LogP contribution in [0.2, 0.25) is 0 Å². The van der Waals surface area contributed by atoms with Crippen LogP contribution in [0.15, 0.2) is 119 Å². The molecule has 0 radical (unpaired) electrons. The van der Waals surface area contributed by atoms with Crippen molar-refractivity contribution in [2.75, 3.05) is 0 Å². The van der Waals surface area contributed by atoms with Crippen molar-refractivity contribution in [2.45, 2.75) is 9.92 Å². The molecule has 0 aliphatic carbocycles. The van der Waals surface area contributed by atoms with Crippen LogP contribution in [0.1, 0.15) is 0 Å². The molecule has 0 aliphatic heterocycles. The van der Waals surface area contributed by atoms with Gasteiger partial charge in [0.1, 0.15) is 10.8 Å². The van der Waals surface area contributed by atoms with Crippen molar-refractivity contribution in [2.24, 2.45) is 0 Å². The summed E-state index contributed by atoms with van der Waals surface area (Å²) in [5, 5.41) is 11.4. The second-order valence-corrected chi connectivity index (χ2v) is 8.24. The fourth-order valence-electron chi connectivity index (χ4n) is 3.39. The summed E-state index contributed by atoms with van der Waals surface area (Å²) in [6, 6.07) is 33.1. The second-order valence-electron chi connectivity index (χ2n) is 7.14. The minimum atomic E-state index is 0.190. The summed E-state index contributed by atoms with van der Waals surface area (Å²) in [6.45, 7) is 0. The highest BCUT2D eigenvalue weighted by Gasteiger charge is 2.13. The largest absolute Gasteiger partial charge is 0.507 e. The van der Waals surface area contributed by atoms with Gasteiger partial charge in [-0.3, -0.25) is 0 Å². The molecule has 1 N–H and O–H groups in total. The van der Waals surface area contributed by atoms with E-state index in [1.807, 2.05) is 84.9 Å². The van der Waals surface area contributed by atoms with Gasteiger partial charge in [-0.25, -0.2) is 15.0 Å². The summed E-state index contributed by atoms with van der Waals surface area (Å²) >= 11 is 1.59. The summed E-state index contributed by atoms with van der Waals surface area (Å²) in [5.41, 5.74) is 4.05. The lowest BCUT2D eigenvalue weighted by Crippen LogP contribution is -1.96. The van der Waals surface area contributed by atoms with E-state index in [1.165, 1.54) is 0 Å². The predicted molar refractivity (Wildman–Crippen MR) is 128 cm³/mol. The summed E-state index contributed by atoms with van der Waals surface area (Å²) in [7, 11) is 0. The zero-order chi connectivity index (χ0) is 21.8. The highest BCUT2D eigenvalue weighted by Crippen LogP contribution is 2.33. The van der Waals surface area contributed by atoms with Gasteiger partial charge in [0.15, 0.2) is 5.82 Å². The minimum Gasteiger partial charge on any atom is -0.507 e. The molecular weight excluding hydrogens is 414 g/mol. The van der Waals surface area contributed by atoms with E-state index in [0.717, 1.165) is 26.7 Å². The molecule has 32 heavy (non-hydrogen) atoms. The highest BCUT2D eigenvalue weighted by molar-refractivity contribution is 7.99. The number of nitrogens with zero attached hydrogens (tertiary/aromatic N) is 3. The van der Waals surface area contributed by atoms with Crippen molar-refractivity contribution in [3.05, 3.63) is 109 Å². The van der Waals surface area contributed by atoms with Gasteiger partial charge in [-0.15, -0.1) is 0 Å². The first-order chi connectivity index (χ1) is 15.8. The molecule has 0 aliphatic rings. The van der Waals surface area contributed by atoms with Crippen molar-refractivity contribution in [3.63, 3.8) is 0 Å². The lowest BCUT2D eigenvalue weighted by molar-refractivity contribution is 0.477. The van der Waals surface area contributed by atoms with Gasteiger partial charge in [0.25, 0.3) is 0 Å². The summed E-state index contributed by atoms with van der Waals surface area (Å²) in [5.74, 6) is 0.795. The van der Waals surface area contributed by atoms with Crippen LogP contribution in [0.5, 0.6) is 5.75 Å². The number of phenols is 1. The molecule has 3 aromatic carbocycles. The summed E-state index contributed by atoms with van der Waals surface area (Å²) < 4.78 is 0. The van der Waals surface area contributed by atoms with Crippen molar-refractivity contribution < 1.29 is 5.11 Å². The van der Waals surface area contributed by atoms with E-state index in [4.69, 9.17) is 9.97 Å². The maximum absolute atomic E-state index is 10.4. The van der Waals surface area contributed by atoms with Gasteiger partial charge in [-0.05, 0) is 42.5 Å². The maximum Gasteiger partial charge on any atom is 0.160 e. The lowest BCUT2D eigenvalue weighted by atomic mass is 10.1. The van der Waals surface area contributed by atoms with E-state index < -0.39 is 0 Å². The first-order valence-electron chi connectivity index (χ1n) is 10.2. The van der Waals surface area contributed by atoms with Gasteiger partial charge in [0.05, 0.1) is 11.4 Å². The van der Waals surface area contributed by atoms with Crippen LogP contribution >= 0.6 is 11.8 Å². The first kappa shape index (κ1) is 20.0. The Balaban J connectivity index is 1.61. The Labute approximate surface area is 190 Å². The number of aromatic hydroxyl groups is 1. The highest BCUT2D eigenvalue weighted by atomic mass is 32.2. The Morgan fingerprint density at radius 1 is 0.625 bits per heavy atom. The third-order valence-electron chi connectivity index (χ3n) is 4.93.